The predicted molar refractivity (Wildman–Crippen MR) is 123 cm³/mol. The summed E-state index contributed by atoms with van der Waals surface area (Å²) in [7, 11) is 3.28. The molecule has 1 aromatic heterocycles. The molecular weight excluding hydrogens is 420 g/mol. The maximum atomic E-state index is 13.0. The fourth-order valence-corrected chi connectivity index (χ4v) is 6.37. The summed E-state index contributed by atoms with van der Waals surface area (Å²) in [4.78, 5) is 21.9. The topological polar surface area (TPSA) is 109 Å². The number of nitrogens with zero attached hydrogens (tertiary/aromatic N) is 2. The lowest BCUT2D eigenvalue weighted by Gasteiger charge is -2.34. The van der Waals surface area contributed by atoms with Crippen molar-refractivity contribution >= 4 is 17.4 Å². The van der Waals surface area contributed by atoms with Gasteiger partial charge < -0.3 is 20.1 Å². The van der Waals surface area contributed by atoms with Gasteiger partial charge in [0.2, 0.25) is 5.91 Å². The molecule has 0 radical (unpaired) electrons. The maximum Gasteiger partial charge on any atom is 0.257 e. The largest absolute Gasteiger partial charge is 0.497 e. The lowest BCUT2D eigenvalue weighted by atomic mass is 9.74. The molecule has 9 heteroatoms. The smallest absolute Gasteiger partial charge is 0.257 e. The van der Waals surface area contributed by atoms with Crippen molar-refractivity contribution in [2.45, 2.75) is 50.2 Å². The van der Waals surface area contributed by atoms with Crippen LogP contribution in [-0.4, -0.2) is 42.3 Å². The summed E-state index contributed by atoms with van der Waals surface area (Å²) in [5.41, 5.74) is 9.43. The molecular formula is C24H30N6O3. The van der Waals surface area contributed by atoms with Crippen molar-refractivity contribution < 1.29 is 14.3 Å². The number of amides is 1. The number of aromatic nitrogens is 2. The zero-order valence-corrected chi connectivity index (χ0v) is 19.1. The molecule has 6 rings (SSSR count). The number of hydrazine groups is 1. The van der Waals surface area contributed by atoms with Crippen LogP contribution < -0.4 is 31.0 Å². The SMILES string of the molecule is COc1ccc2c(c1)[C@]1(C[C@H]1C1CCC3C(C1)NNC3Nc1nc(C)cnc1OC)C(=O)N2. The third kappa shape index (κ3) is 3.17. The van der Waals surface area contributed by atoms with E-state index in [4.69, 9.17) is 9.47 Å². The molecule has 4 aliphatic rings. The van der Waals surface area contributed by atoms with Gasteiger partial charge in [-0.05, 0) is 68.2 Å². The highest BCUT2D eigenvalue weighted by Gasteiger charge is 2.67. The summed E-state index contributed by atoms with van der Waals surface area (Å²) in [6.45, 7) is 1.92. The average molecular weight is 451 g/mol. The predicted octanol–water partition coefficient (Wildman–Crippen LogP) is 2.34. The number of methoxy groups -OCH3 is 2. The second kappa shape index (κ2) is 7.56. The van der Waals surface area contributed by atoms with Crippen LogP contribution in [-0.2, 0) is 10.2 Å². The minimum Gasteiger partial charge on any atom is -0.497 e. The Morgan fingerprint density at radius 1 is 1.18 bits per heavy atom. The van der Waals surface area contributed by atoms with E-state index in [1.807, 2.05) is 25.1 Å². The molecule has 4 unspecified atom stereocenters. The van der Waals surface area contributed by atoms with E-state index >= 15 is 0 Å². The minimum atomic E-state index is -0.379. The highest BCUT2D eigenvalue weighted by atomic mass is 16.5. The third-order valence-corrected chi connectivity index (χ3v) is 8.09. The van der Waals surface area contributed by atoms with Crippen molar-refractivity contribution in [3.63, 3.8) is 0 Å². The van der Waals surface area contributed by atoms with Crippen molar-refractivity contribution in [3.05, 3.63) is 35.7 Å². The van der Waals surface area contributed by atoms with E-state index in [9.17, 15) is 4.79 Å². The molecule has 1 amide bonds. The van der Waals surface area contributed by atoms with E-state index in [1.165, 1.54) is 0 Å². The van der Waals surface area contributed by atoms with Gasteiger partial charge in [0.15, 0.2) is 5.82 Å². The average Bonchev–Trinajstić information content (AvgIpc) is 3.38. The molecule has 2 aliphatic carbocycles. The number of ether oxygens (including phenoxy) is 2. The Bertz CT molecular complexity index is 1110. The molecule has 1 aromatic carbocycles. The summed E-state index contributed by atoms with van der Waals surface area (Å²) in [5.74, 6) is 3.44. The van der Waals surface area contributed by atoms with Crippen LogP contribution in [0.15, 0.2) is 24.4 Å². The van der Waals surface area contributed by atoms with Crippen LogP contribution in [0.5, 0.6) is 11.6 Å². The van der Waals surface area contributed by atoms with Gasteiger partial charge in [0.05, 0.1) is 37.7 Å². The Balaban J connectivity index is 1.16. The molecule has 33 heavy (non-hydrogen) atoms. The second-order valence-electron chi connectivity index (χ2n) is 9.77. The van der Waals surface area contributed by atoms with Crippen molar-refractivity contribution in [2.75, 3.05) is 24.9 Å². The van der Waals surface area contributed by atoms with Gasteiger partial charge in [0.1, 0.15) is 5.75 Å². The zero-order valence-electron chi connectivity index (χ0n) is 19.1. The van der Waals surface area contributed by atoms with Crippen molar-refractivity contribution in [1.82, 2.24) is 20.8 Å². The van der Waals surface area contributed by atoms with E-state index in [2.05, 4.69) is 31.5 Å². The standard InChI is InChI=1S/C24H30N6O3/c1-12-11-25-22(33-3)21(26-12)28-20-15-6-4-13(8-19(15)29-30-20)17-10-24(17)16-9-14(32-2)5-7-18(16)27-23(24)31/h5,7,9,11,13,15,17,19-20,29-30H,4,6,8,10H2,1-3H3,(H,26,28)(H,27,31)/t13?,15?,17-,19?,20?,24-/m0/s1. The highest BCUT2D eigenvalue weighted by Crippen LogP contribution is 2.65. The molecule has 4 N–H and O–H groups in total. The molecule has 3 fully saturated rings. The van der Waals surface area contributed by atoms with E-state index in [1.54, 1.807) is 20.4 Å². The number of hydrogen-bond acceptors (Lipinski definition) is 8. The molecule has 1 spiro atoms. The number of rotatable bonds is 5. The van der Waals surface area contributed by atoms with Gasteiger partial charge in [-0.25, -0.2) is 15.4 Å². The summed E-state index contributed by atoms with van der Waals surface area (Å²) >= 11 is 0. The lowest BCUT2D eigenvalue weighted by molar-refractivity contribution is -0.118. The Kier molecular flexibility index (Phi) is 4.74. The maximum absolute atomic E-state index is 13.0. The first-order valence-electron chi connectivity index (χ1n) is 11.7. The van der Waals surface area contributed by atoms with Crippen LogP contribution in [0.2, 0.25) is 0 Å². The lowest BCUT2D eigenvalue weighted by Crippen LogP contribution is -2.39. The van der Waals surface area contributed by atoms with E-state index in [0.29, 0.717) is 35.5 Å². The van der Waals surface area contributed by atoms with Crippen molar-refractivity contribution in [3.8, 4) is 11.6 Å². The van der Waals surface area contributed by atoms with Gasteiger partial charge in [-0.15, -0.1) is 0 Å². The van der Waals surface area contributed by atoms with E-state index < -0.39 is 0 Å². The quantitative estimate of drug-likeness (QED) is 0.550. The number of carbonyl (C=O) groups excluding carboxylic acids is 1. The first-order chi connectivity index (χ1) is 16.0. The molecule has 6 atom stereocenters. The number of nitrogens with one attached hydrogen (secondary N) is 4. The summed E-state index contributed by atoms with van der Waals surface area (Å²) < 4.78 is 10.8. The molecule has 2 aromatic rings. The fourth-order valence-electron chi connectivity index (χ4n) is 6.37. The van der Waals surface area contributed by atoms with Crippen LogP contribution in [0.1, 0.15) is 36.9 Å². The van der Waals surface area contributed by atoms with Gasteiger partial charge in [0, 0.05) is 17.6 Å². The number of anilines is 2. The minimum absolute atomic E-state index is 0.0499. The Hall–Kier alpha value is -2.91. The Labute approximate surface area is 193 Å². The van der Waals surface area contributed by atoms with E-state index in [-0.39, 0.29) is 17.5 Å². The number of aryl methyl sites for hydroxylation is 1. The fraction of sp³-hybridized carbons (Fsp3) is 0.542. The van der Waals surface area contributed by atoms with Gasteiger partial charge in [-0.1, -0.05) is 0 Å². The van der Waals surface area contributed by atoms with Gasteiger partial charge in [-0.2, -0.15) is 0 Å². The van der Waals surface area contributed by atoms with Crippen LogP contribution in [0, 0.1) is 24.7 Å². The number of carbonyl (C=O) groups is 1. The van der Waals surface area contributed by atoms with Crippen molar-refractivity contribution in [2.24, 2.45) is 17.8 Å². The second-order valence-corrected chi connectivity index (χ2v) is 9.77. The molecule has 2 saturated carbocycles. The summed E-state index contributed by atoms with van der Waals surface area (Å²) in [5, 5.41) is 6.60. The first kappa shape index (κ1) is 20.7. The Morgan fingerprint density at radius 3 is 2.88 bits per heavy atom. The number of fused-ring (bicyclic) bond motifs is 3. The highest BCUT2D eigenvalue weighted by molar-refractivity contribution is 6.09. The molecule has 9 nitrogen and oxygen atoms in total. The van der Waals surface area contributed by atoms with E-state index in [0.717, 1.165) is 48.4 Å². The molecule has 2 aliphatic heterocycles. The Morgan fingerprint density at radius 2 is 2.06 bits per heavy atom. The van der Waals surface area contributed by atoms with Gasteiger partial charge >= 0.3 is 0 Å². The summed E-state index contributed by atoms with van der Waals surface area (Å²) in [6, 6.07) is 6.27. The molecule has 0 bridgehead atoms. The molecule has 3 heterocycles. The van der Waals surface area contributed by atoms with Crippen molar-refractivity contribution in [1.29, 1.82) is 0 Å². The van der Waals surface area contributed by atoms with Crippen LogP contribution in [0.3, 0.4) is 0 Å². The van der Waals surface area contributed by atoms with Crippen LogP contribution in [0.25, 0.3) is 0 Å². The van der Waals surface area contributed by atoms with Gasteiger partial charge in [0.25, 0.3) is 5.88 Å². The van der Waals surface area contributed by atoms with Crippen LogP contribution in [0.4, 0.5) is 11.5 Å². The number of hydrogen-bond donors (Lipinski definition) is 4. The molecule has 174 valence electrons. The normalized spacial score (nSPS) is 33.9. The first-order valence-corrected chi connectivity index (χ1v) is 11.7. The number of benzene rings is 1. The van der Waals surface area contributed by atoms with Gasteiger partial charge in [-0.3, -0.25) is 10.2 Å². The zero-order chi connectivity index (χ0) is 22.7. The third-order valence-electron chi connectivity index (χ3n) is 8.09. The molecule has 1 saturated heterocycles. The summed E-state index contributed by atoms with van der Waals surface area (Å²) in [6.07, 6.45) is 5.91. The monoisotopic (exact) mass is 450 g/mol. The van der Waals surface area contributed by atoms with Crippen LogP contribution >= 0.6 is 0 Å².